The second kappa shape index (κ2) is 8.38. The third-order valence-electron chi connectivity index (χ3n) is 5.44. The number of carbonyl (C=O) groups excluding carboxylic acids is 2. The summed E-state index contributed by atoms with van der Waals surface area (Å²) in [5, 5.41) is 3.13. The van der Waals surface area contributed by atoms with Crippen molar-refractivity contribution >= 4 is 11.8 Å². The van der Waals surface area contributed by atoms with Gasteiger partial charge in [-0.1, -0.05) is 60.2 Å². The summed E-state index contributed by atoms with van der Waals surface area (Å²) >= 11 is 0. The third kappa shape index (κ3) is 4.76. The molecule has 1 fully saturated rings. The molecule has 2 amide bonds. The molecule has 2 aromatic carbocycles. The predicted molar refractivity (Wildman–Crippen MR) is 107 cm³/mol. The van der Waals surface area contributed by atoms with Crippen molar-refractivity contribution in [3.63, 3.8) is 0 Å². The molecule has 0 aromatic heterocycles. The molecule has 3 atom stereocenters. The van der Waals surface area contributed by atoms with E-state index in [0.29, 0.717) is 13.1 Å². The maximum Gasteiger partial charge on any atom is 0.225 e. The number of nitrogens with one attached hydrogen (secondary N) is 1. The molecule has 3 rings (SSSR count). The van der Waals surface area contributed by atoms with Crippen LogP contribution in [0, 0.1) is 12.8 Å². The maximum absolute atomic E-state index is 12.9. The monoisotopic (exact) mass is 364 g/mol. The molecule has 1 heterocycles. The molecule has 1 saturated heterocycles. The number of rotatable bonds is 4. The van der Waals surface area contributed by atoms with E-state index in [0.717, 1.165) is 12.0 Å². The van der Waals surface area contributed by atoms with Crippen LogP contribution in [0.25, 0.3) is 0 Å². The summed E-state index contributed by atoms with van der Waals surface area (Å²) in [5.74, 6) is 0.0425. The Hall–Kier alpha value is -2.62. The minimum Gasteiger partial charge on any atom is -0.349 e. The molecule has 27 heavy (non-hydrogen) atoms. The normalized spacial score (nSPS) is 20.8. The first kappa shape index (κ1) is 19.2. The van der Waals surface area contributed by atoms with Crippen LogP contribution in [-0.4, -0.2) is 29.8 Å². The van der Waals surface area contributed by atoms with Crippen LogP contribution in [0.1, 0.15) is 48.9 Å². The fraction of sp³-hybridized carbons (Fsp3) is 0.391. The molecule has 142 valence electrons. The lowest BCUT2D eigenvalue weighted by molar-refractivity contribution is -0.134. The maximum atomic E-state index is 12.9. The Kier molecular flexibility index (Phi) is 5.94. The van der Waals surface area contributed by atoms with Crippen molar-refractivity contribution in [2.45, 2.75) is 39.2 Å². The number of nitrogens with zero attached hydrogens (tertiary/aromatic N) is 1. The molecular formula is C23H28N2O2. The summed E-state index contributed by atoms with van der Waals surface area (Å²) in [4.78, 5) is 26.8. The molecule has 4 nitrogen and oxygen atoms in total. The Morgan fingerprint density at radius 2 is 1.81 bits per heavy atom. The predicted octanol–water partition coefficient (Wildman–Crippen LogP) is 3.82. The zero-order valence-corrected chi connectivity index (χ0v) is 16.3. The summed E-state index contributed by atoms with van der Waals surface area (Å²) in [6, 6.07) is 18.3. The summed E-state index contributed by atoms with van der Waals surface area (Å²) in [6.45, 7) is 6.82. The average Bonchev–Trinajstić information content (AvgIpc) is 2.68. The summed E-state index contributed by atoms with van der Waals surface area (Å²) in [6.07, 6.45) is 0.764. The van der Waals surface area contributed by atoms with E-state index < -0.39 is 0 Å². The Balaban J connectivity index is 1.74. The second-order valence-corrected chi connectivity index (χ2v) is 7.61. The van der Waals surface area contributed by atoms with Crippen molar-refractivity contribution in [2.24, 2.45) is 5.92 Å². The van der Waals surface area contributed by atoms with Crippen LogP contribution in [0.4, 0.5) is 0 Å². The number of hydrogen-bond donors (Lipinski definition) is 1. The van der Waals surface area contributed by atoms with E-state index >= 15 is 0 Å². The number of aryl methyl sites for hydroxylation is 1. The number of piperidine rings is 1. The number of carbonyl (C=O) groups is 2. The van der Waals surface area contributed by atoms with Crippen molar-refractivity contribution in [3.8, 4) is 0 Å². The largest absolute Gasteiger partial charge is 0.349 e. The summed E-state index contributed by atoms with van der Waals surface area (Å²) < 4.78 is 0. The van der Waals surface area contributed by atoms with Crippen molar-refractivity contribution in [1.29, 1.82) is 0 Å². The first-order valence-electron chi connectivity index (χ1n) is 9.61. The number of likely N-dealkylation sites (tertiary alicyclic amines) is 1. The van der Waals surface area contributed by atoms with Gasteiger partial charge >= 0.3 is 0 Å². The lowest BCUT2D eigenvalue weighted by atomic mass is 9.83. The fourth-order valence-corrected chi connectivity index (χ4v) is 3.87. The molecule has 1 aliphatic heterocycles. The van der Waals surface area contributed by atoms with Crippen LogP contribution < -0.4 is 5.32 Å². The molecule has 0 unspecified atom stereocenters. The fourth-order valence-electron chi connectivity index (χ4n) is 3.87. The van der Waals surface area contributed by atoms with Crippen molar-refractivity contribution in [1.82, 2.24) is 10.2 Å². The van der Waals surface area contributed by atoms with Gasteiger partial charge in [-0.2, -0.15) is 0 Å². The Morgan fingerprint density at radius 1 is 1.07 bits per heavy atom. The smallest absolute Gasteiger partial charge is 0.225 e. The van der Waals surface area contributed by atoms with Gasteiger partial charge in [0.05, 0.1) is 12.0 Å². The molecule has 4 heteroatoms. The highest BCUT2D eigenvalue weighted by atomic mass is 16.2. The highest BCUT2D eigenvalue weighted by molar-refractivity contribution is 5.81. The van der Waals surface area contributed by atoms with Gasteiger partial charge in [0.1, 0.15) is 0 Å². The minimum absolute atomic E-state index is 0.0231. The van der Waals surface area contributed by atoms with Gasteiger partial charge in [0, 0.05) is 25.9 Å². The topological polar surface area (TPSA) is 49.4 Å². The summed E-state index contributed by atoms with van der Waals surface area (Å²) in [7, 11) is 0. The number of amides is 2. The Morgan fingerprint density at radius 3 is 2.48 bits per heavy atom. The van der Waals surface area contributed by atoms with Crippen LogP contribution in [0.5, 0.6) is 0 Å². The molecule has 0 spiro atoms. The molecule has 0 radical (unpaired) electrons. The first-order valence-corrected chi connectivity index (χ1v) is 9.61. The standard InChI is InChI=1S/C23H28N2O2/c1-16-8-7-11-20(12-16)21-13-22(15-25(14-21)18(3)26)23(27)24-17(2)19-9-5-4-6-10-19/h4-12,17,21-22H,13-15H2,1-3H3,(H,24,27)/t17-,21-,22+/m0/s1. The van der Waals surface area contributed by atoms with Crippen molar-refractivity contribution in [3.05, 3.63) is 71.3 Å². The van der Waals surface area contributed by atoms with Crippen LogP contribution in [0.3, 0.4) is 0 Å². The average molecular weight is 364 g/mol. The van der Waals surface area contributed by atoms with Crippen LogP contribution in [0.2, 0.25) is 0 Å². The van der Waals surface area contributed by atoms with E-state index in [4.69, 9.17) is 0 Å². The van der Waals surface area contributed by atoms with Gasteiger partial charge < -0.3 is 10.2 Å². The third-order valence-corrected chi connectivity index (χ3v) is 5.44. The van der Waals surface area contributed by atoms with Crippen LogP contribution in [0.15, 0.2) is 54.6 Å². The first-order chi connectivity index (χ1) is 12.9. The quantitative estimate of drug-likeness (QED) is 0.896. The van der Waals surface area contributed by atoms with E-state index in [2.05, 4.69) is 30.4 Å². The summed E-state index contributed by atoms with van der Waals surface area (Å²) in [5.41, 5.74) is 3.49. The van der Waals surface area contributed by atoms with E-state index in [1.807, 2.05) is 48.2 Å². The highest BCUT2D eigenvalue weighted by Gasteiger charge is 2.34. The molecule has 0 aliphatic carbocycles. The molecule has 1 N–H and O–H groups in total. The lowest BCUT2D eigenvalue weighted by Gasteiger charge is -2.37. The SMILES string of the molecule is CC(=O)N1C[C@H](C(=O)N[C@@H](C)c2ccccc2)C[C@H](c2cccc(C)c2)C1. The van der Waals surface area contributed by atoms with Gasteiger partial charge in [-0.05, 0) is 31.4 Å². The molecule has 0 saturated carbocycles. The Labute approximate surface area is 161 Å². The molecular weight excluding hydrogens is 336 g/mol. The van der Waals surface area contributed by atoms with E-state index in [-0.39, 0.29) is 29.7 Å². The van der Waals surface area contributed by atoms with Gasteiger partial charge in [0.15, 0.2) is 0 Å². The Bertz CT molecular complexity index is 803. The van der Waals surface area contributed by atoms with Crippen LogP contribution in [-0.2, 0) is 9.59 Å². The lowest BCUT2D eigenvalue weighted by Crippen LogP contribution is -2.47. The van der Waals surface area contributed by atoms with E-state index in [9.17, 15) is 9.59 Å². The van der Waals surface area contributed by atoms with Gasteiger partial charge in [-0.3, -0.25) is 9.59 Å². The van der Waals surface area contributed by atoms with Gasteiger partial charge in [-0.25, -0.2) is 0 Å². The number of hydrogen-bond acceptors (Lipinski definition) is 2. The van der Waals surface area contributed by atoms with E-state index in [1.54, 1.807) is 6.92 Å². The van der Waals surface area contributed by atoms with Crippen LogP contribution >= 0.6 is 0 Å². The van der Waals surface area contributed by atoms with Crippen molar-refractivity contribution in [2.75, 3.05) is 13.1 Å². The van der Waals surface area contributed by atoms with Gasteiger partial charge in [0.2, 0.25) is 11.8 Å². The zero-order chi connectivity index (χ0) is 19.4. The number of benzene rings is 2. The highest BCUT2D eigenvalue weighted by Crippen LogP contribution is 2.31. The second-order valence-electron chi connectivity index (χ2n) is 7.61. The minimum atomic E-state index is -0.195. The molecule has 0 bridgehead atoms. The molecule has 2 aromatic rings. The van der Waals surface area contributed by atoms with Gasteiger partial charge in [0.25, 0.3) is 0 Å². The molecule has 1 aliphatic rings. The van der Waals surface area contributed by atoms with Gasteiger partial charge in [-0.15, -0.1) is 0 Å². The van der Waals surface area contributed by atoms with E-state index in [1.165, 1.54) is 11.1 Å². The zero-order valence-electron chi connectivity index (χ0n) is 16.3. The van der Waals surface area contributed by atoms with Crippen molar-refractivity contribution < 1.29 is 9.59 Å².